The van der Waals surface area contributed by atoms with Crippen LogP contribution in [0, 0.1) is 28.9 Å². The van der Waals surface area contributed by atoms with Gasteiger partial charge in [-0.25, -0.2) is 31.0 Å². The second-order valence-electron chi connectivity index (χ2n) is 17.1. The van der Waals surface area contributed by atoms with E-state index in [1.807, 2.05) is 36.4 Å². The molecule has 3 atom stereocenters. The van der Waals surface area contributed by atoms with Crippen molar-refractivity contribution in [1.29, 1.82) is 5.26 Å². The van der Waals surface area contributed by atoms with Gasteiger partial charge in [-0.05, 0) is 12.1 Å². The smallest absolute Gasteiger partial charge is 0.274 e. The molecule has 2 saturated heterocycles. The van der Waals surface area contributed by atoms with E-state index in [1.165, 1.54) is 19.4 Å². The number of likely N-dealkylation sites (tertiary alicyclic amines) is 1. The number of nitrogens with one attached hydrogen (secondary N) is 2. The zero-order chi connectivity index (χ0) is 50.2. The summed E-state index contributed by atoms with van der Waals surface area (Å²) in [5, 5.41) is 12.6. The summed E-state index contributed by atoms with van der Waals surface area (Å²) < 4.78 is 95.6. The van der Waals surface area contributed by atoms with E-state index in [9.17, 15) is 50.4 Å². The van der Waals surface area contributed by atoms with Crippen LogP contribution in [0.4, 0.5) is 23.2 Å². The van der Waals surface area contributed by atoms with Crippen molar-refractivity contribution in [3.63, 3.8) is 0 Å². The van der Waals surface area contributed by atoms with Gasteiger partial charge in [-0.3, -0.25) is 9.52 Å². The van der Waals surface area contributed by atoms with Gasteiger partial charge in [0.05, 0.1) is 19.7 Å². The molecule has 16 nitrogen and oxygen atoms in total. The Labute approximate surface area is 414 Å². The van der Waals surface area contributed by atoms with E-state index < -0.39 is 96.9 Å². The molecule has 3 aliphatic heterocycles. The number of hydrogen-bond donors (Lipinski definition) is 2. The topological polar surface area (TPSA) is 214 Å². The molecular weight excluding hydrogens is 1060 g/mol. The van der Waals surface area contributed by atoms with E-state index in [2.05, 4.69) is 25.0 Å². The molecule has 366 valence electrons. The van der Waals surface area contributed by atoms with E-state index in [0.717, 1.165) is 50.2 Å². The van der Waals surface area contributed by atoms with Gasteiger partial charge in [0.1, 0.15) is 28.3 Å². The minimum absolute atomic E-state index is 0.0595. The van der Waals surface area contributed by atoms with Crippen LogP contribution in [0.1, 0.15) is 41.6 Å². The molecule has 6 aromatic rings. The van der Waals surface area contributed by atoms with Gasteiger partial charge >= 0.3 is 266 Å². The summed E-state index contributed by atoms with van der Waals surface area (Å²) in [6.45, 7) is -0.332. The van der Waals surface area contributed by atoms with Crippen LogP contribution < -0.4 is 36.4 Å². The van der Waals surface area contributed by atoms with Gasteiger partial charge in [0.25, 0.3) is 15.9 Å². The number of nitriles is 1. The van der Waals surface area contributed by atoms with Crippen molar-refractivity contribution in [3.8, 4) is 34.2 Å². The van der Waals surface area contributed by atoms with Crippen molar-refractivity contribution >= 4 is 48.1 Å². The maximum atomic E-state index is 14.5. The molecule has 9 rings (SSSR count). The van der Waals surface area contributed by atoms with Crippen molar-refractivity contribution in [3.05, 3.63) is 131 Å². The molecule has 0 spiro atoms. The normalized spacial score (nSPS) is 18.3. The van der Waals surface area contributed by atoms with Crippen molar-refractivity contribution in [1.82, 2.24) is 30.1 Å². The number of halogens is 5. The van der Waals surface area contributed by atoms with Gasteiger partial charge in [-0.15, -0.1) is 0 Å². The predicted octanol–water partition coefficient (Wildman–Crippen LogP) is 3.23. The first-order chi connectivity index (χ1) is 34.0. The minimum atomic E-state index is -4.51. The van der Waals surface area contributed by atoms with E-state index in [0.29, 0.717) is 28.4 Å². The monoisotopic (exact) mass is 1100 g/mol. The summed E-state index contributed by atoms with van der Waals surface area (Å²) in [7, 11) is -3.21. The number of carbonyl (C=O) groups excluding carboxylic acids is 4. The van der Waals surface area contributed by atoms with E-state index in [4.69, 9.17) is 7.80 Å². The molecule has 6 heterocycles. The minimum Gasteiger partial charge on any atom is -0.274 e. The maximum absolute atomic E-state index is 14.5. The number of methoxy groups -OCH3 is 1. The Balaban J connectivity index is 0.795. The number of carbonyl (C=O) groups is 4. The van der Waals surface area contributed by atoms with Crippen LogP contribution in [0.2, 0.25) is 0 Å². The first-order valence-electron chi connectivity index (χ1n) is 21.9. The fraction of sp³-hybridized carbons (Fsp3) is 0.265. The van der Waals surface area contributed by atoms with Crippen molar-refractivity contribution < 1.29 is 74.6 Å². The molecule has 22 heteroatoms. The number of benzene rings is 3. The number of sulfonamides is 1. The predicted molar refractivity (Wildman–Crippen MR) is 241 cm³/mol. The Hall–Kier alpha value is -7.10. The molecule has 3 amide bonds. The van der Waals surface area contributed by atoms with Gasteiger partial charge in [-0.2, -0.15) is 5.26 Å². The number of anilines is 1. The molecule has 0 radical (unpaired) electrons. The Morgan fingerprint density at radius 3 is 2.54 bits per heavy atom. The van der Waals surface area contributed by atoms with Crippen LogP contribution in [0.5, 0.6) is 5.88 Å². The first kappa shape index (κ1) is 48.9. The molecule has 0 unspecified atom stereocenters. The molecular formula is C49H40F4IN8O8S-. The van der Waals surface area contributed by atoms with Gasteiger partial charge in [-0.1, -0.05) is 0 Å². The van der Waals surface area contributed by atoms with Gasteiger partial charge < -0.3 is 9.64 Å². The van der Waals surface area contributed by atoms with Gasteiger partial charge in [0, 0.05) is 12.5 Å². The van der Waals surface area contributed by atoms with Crippen LogP contribution in [-0.4, -0.2) is 86.3 Å². The van der Waals surface area contributed by atoms with Gasteiger partial charge in [0.2, 0.25) is 5.88 Å². The summed E-state index contributed by atoms with van der Waals surface area (Å²) in [5.41, 5.74) is 6.31. The number of hydrogen-bond acceptors (Lipinski definition) is 12. The third kappa shape index (κ3) is 10.5. The SMILES string of the molecule is COc1ncc(-c2ccc3nccc(-c4ccc(CO[I-]C(=O)Cc5cccc6c5CN(C(=O)C[C@@H]5C[C@@H](C(=O)N7CC(F)(F)C[C@H]7C#N)NC5=O)C6)nc4)c3c2)cc1NS(=O)(=O)c1ccc(F)cc1F. The summed E-state index contributed by atoms with van der Waals surface area (Å²) in [6, 6.07) is 19.4. The number of pyridine rings is 3. The second kappa shape index (κ2) is 20.0. The van der Waals surface area contributed by atoms with E-state index >= 15 is 0 Å². The number of aromatic nitrogens is 3. The zero-order valence-electron chi connectivity index (χ0n) is 37.4. The fourth-order valence-electron chi connectivity index (χ4n) is 8.92. The van der Waals surface area contributed by atoms with Gasteiger partial charge in [0.15, 0.2) is 0 Å². The van der Waals surface area contributed by atoms with Crippen LogP contribution in [-0.2, 0) is 58.4 Å². The molecule has 3 aromatic carbocycles. The molecule has 0 bridgehead atoms. The molecule has 2 N–H and O–H groups in total. The van der Waals surface area contributed by atoms with Crippen LogP contribution in [0.3, 0.4) is 0 Å². The molecule has 0 saturated carbocycles. The Morgan fingerprint density at radius 2 is 1.77 bits per heavy atom. The summed E-state index contributed by atoms with van der Waals surface area (Å²) in [6.07, 6.45) is 3.89. The first-order valence-corrected chi connectivity index (χ1v) is 25.3. The second-order valence-corrected chi connectivity index (χ2v) is 21.0. The molecule has 3 aliphatic rings. The van der Waals surface area contributed by atoms with Crippen LogP contribution in [0.15, 0.2) is 102 Å². The molecule has 0 aliphatic carbocycles. The molecule has 71 heavy (non-hydrogen) atoms. The van der Waals surface area contributed by atoms with Crippen molar-refractivity contribution in [2.75, 3.05) is 18.4 Å². The number of ether oxygens (including phenoxy) is 1. The molecule has 2 fully saturated rings. The van der Waals surface area contributed by atoms with Crippen molar-refractivity contribution in [2.24, 2.45) is 5.92 Å². The third-order valence-corrected chi connectivity index (χ3v) is 15.3. The third-order valence-electron chi connectivity index (χ3n) is 12.4. The Morgan fingerprint density at radius 1 is 0.972 bits per heavy atom. The van der Waals surface area contributed by atoms with Crippen molar-refractivity contribution in [2.45, 2.75) is 68.3 Å². The Bertz CT molecular complexity index is 3290. The number of alkyl halides is 2. The zero-order valence-corrected chi connectivity index (χ0v) is 40.3. The molecule has 3 aromatic heterocycles. The number of rotatable bonds is 15. The summed E-state index contributed by atoms with van der Waals surface area (Å²) >= 11 is -1.38. The van der Waals surface area contributed by atoms with Crippen LogP contribution in [0.25, 0.3) is 33.2 Å². The fourth-order valence-corrected chi connectivity index (χ4v) is 11.4. The number of nitrogens with zero attached hydrogens (tertiary/aromatic N) is 6. The quantitative estimate of drug-likeness (QED) is 0.0863. The van der Waals surface area contributed by atoms with E-state index in [-0.39, 0.29) is 60.2 Å². The van der Waals surface area contributed by atoms with E-state index in [1.54, 1.807) is 41.6 Å². The average molecular weight is 1100 g/mol. The summed E-state index contributed by atoms with van der Waals surface area (Å²) in [4.78, 5) is 67.5. The number of fused-ring (bicyclic) bond motifs is 2. The Kier molecular flexibility index (Phi) is 13.7. The number of amides is 3. The average Bonchev–Trinajstić information content (AvgIpc) is 4.05. The standard InChI is InChI=1S/C49H40F4IN8O8S/c1-69-47-41(60-71(67,68)43-10-7-33(50)18-39(43)51)15-32(22-58-47)27-6-9-40-37(13-27)36(11-12-56-40)29-5-8-34(57-21-29)25-70-54-44(63)16-28-3-2-4-30-23-61(24-38(28)30)45(64)17-31-14-42(59-46(31)65)48(66)62-26-49(52,53)19-35(62)20-55/h2-13,15,18,21-22,31,35,42,60H,14,16-17,19,23-26H2,1H3,(H,59,65)/q-1/t31-,35-,42-/m0/s1. The van der Waals surface area contributed by atoms with Crippen LogP contribution >= 0.6 is 0 Å². The summed E-state index contributed by atoms with van der Waals surface area (Å²) in [5.74, 6) is -7.96.